The fourth-order valence-electron chi connectivity index (χ4n) is 1.61. The number of carbonyl (C=O) groups excluding carboxylic acids is 1. The molecule has 1 saturated heterocycles. The lowest BCUT2D eigenvalue weighted by Gasteiger charge is -2.28. The zero-order chi connectivity index (χ0) is 13.1. The first-order valence-electron chi connectivity index (χ1n) is 5.79. The van der Waals surface area contributed by atoms with Crippen LogP contribution in [0.2, 0.25) is 0 Å². The molecule has 17 heavy (non-hydrogen) atoms. The van der Waals surface area contributed by atoms with Crippen LogP contribution in [0.1, 0.15) is 27.2 Å². The highest BCUT2D eigenvalue weighted by Crippen LogP contribution is 2.13. The number of hydrogen-bond acceptors (Lipinski definition) is 3. The van der Waals surface area contributed by atoms with Crippen LogP contribution in [-0.4, -0.2) is 48.7 Å². The van der Waals surface area contributed by atoms with Gasteiger partial charge in [0, 0.05) is 13.1 Å². The molecular formula is C11H20F2N2O2. The maximum atomic E-state index is 12.6. The molecular weight excluding hydrogens is 230 g/mol. The standard InChI is InChI=1S/C11H20F2N2O2/c1-11(2,3)17-10(16)15-6-4-5-14-8(7-15)9(12)13/h8-9,14H,4-7H2,1-3H3. The molecule has 0 aromatic carbocycles. The average Bonchev–Trinajstić information content (AvgIpc) is 2.39. The van der Waals surface area contributed by atoms with Crippen molar-refractivity contribution in [3.63, 3.8) is 0 Å². The molecule has 1 amide bonds. The van der Waals surface area contributed by atoms with Crippen LogP contribution in [0.3, 0.4) is 0 Å². The van der Waals surface area contributed by atoms with Gasteiger partial charge >= 0.3 is 6.09 Å². The number of amides is 1. The number of rotatable bonds is 1. The minimum atomic E-state index is -2.47. The van der Waals surface area contributed by atoms with E-state index in [1.54, 1.807) is 20.8 Å². The summed E-state index contributed by atoms with van der Waals surface area (Å²) in [5, 5.41) is 2.73. The van der Waals surface area contributed by atoms with E-state index < -0.39 is 24.2 Å². The van der Waals surface area contributed by atoms with Crippen LogP contribution in [0.4, 0.5) is 13.6 Å². The largest absolute Gasteiger partial charge is 0.444 e. The van der Waals surface area contributed by atoms with Gasteiger partial charge in [0.2, 0.25) is 0 Å². The van der Waals surface area contributed by atoms with Crippen LogP contribution in [0.5, 0.6) is 0 Å². The van der Waals surface area contributed by atoms with Crippen molar-refractivity contribution in [1.82, 2.24) is 10.2 Å². The Balaban J connectivity index is 2.59. The highest BCUT2D eigenvalue weighted by molar-refractivity contribution is 5.68. The molecule has 1 heterocycles. The van der Waals surface area contributed by atoms with Crippen LogP contribution in [0.25, 0.3) is 0 Å². The second-order valence-electron chi connectivity index (χ2n) is 5.17. The summed E-state index contributed by atoms with van der Waals surface area (Å²) in [6.07, 6.45) is -2.34. The maximum absolute atomic E-state index is 12.6. The highest BCUT2D eigenvalue weighted by atomic mass is 19.3. The molecule has 1 fully saturated rings. The van der Waals surface area contributed by atoms with Crippen LogP contribution >= 0.6 is 0 Å². The Kier molecular flexibility index (Phi) is 4.68. The Morgan fingerprint density at radius 3 is 2.65 bits per heavy atom. The number of nitrogens with zero attached hydrogens (tertiary/aromatic N) is 1. The summed E-state index contributed by atoms with van der Waals surface area (Å²) in [6.45, 7) is 6.20. The lowest BCUT2D eigenvalue weighted by atomic mass is 10.2. The predicted octanol–water partition coefficient (Wildman–Crippen LogP) is 1.85. The van der Waals surface area contributed by atoms with Gasteiger partial charge in [0.05, 0.1) is 6.04 Å². The molecule has 0 aromatic heterocycles. The monoisotopic (exact) mass is 250 g/mol. The molecule has 0 bridgehead atoms. The molecule has 1 aliphatic rings. The second-order valence-corrected chi connectivity index (χ2v) is 5.17. The zero-order valence-corrected chi connectivity index (χ0v) is 10.5. The number of halogens is 2. The maximum Gasteiger partial charge on any atom is 0.410 e. The third-order valence-corrected chi connectivity index (χ3v) is 2.38. The summed E-state index contributed by atoms with van der Waals surface area (Å²) in [6, 6.07) is -0.968. The number of alkyl halides is 2. The van der Waals surface area contributed by atoms with Gasteiger partial charge in [-0.2, -0.15) is 0 Å². The molecule has 0 spiro atoms. The van der Waals surface area contributed by atoms with Gasteiger partial charge in [-0.15, -0.1) is 0 Å². The van der Waals surface area contributed by atoms with E-state index in [0.717, 1.165) is 0 Å². The smallest absolute Gasteiger partial charge is 0.410 e. The van der Waals surface area contributed by atoms with Gasteiger partial charge in [-0.1, -0.05) is 0 Å². The van der Waals surface area contributed by atoms with E-state index in [-0.39, 0.29) is 6.54 Å². The van der Waals surface area contributed by atoms with Crippen molar-refractivity contribution in [2.24, 2.45) is 0 Å². The molecule has 1 N–H and O–H groups in total. The Morgan fingerprint density at radius 2 is 2.12 bits per heavy atom. The molecule has 1 unspecified atom stereocenters. The summed E-state index contributed by atoms with van der Waals surface area (Å²) in [5.41, 5.74) is -0.600. The van der Waals surface area contributed by atoms with Crippen LogP contribution in [0.15, 0.2) is 0 Å². The molecule has 1 atom stereocenters. The summed E-state index contributed by atoms with van der Waals surface area (Å²) in [4.78, 5) is 13.1. The van der Waals surface area contributed by atoms with Crippen LogP contribution in [-0.2, 0) is 4.74 Å². The quantitative estimate of drug-likeness (QED) is 0.772. The molecule has 6 heteroatoms. The van der Waals surface area contributed by atoms with Crippen molar-refractivity contribution in [2.75, 3.05) is 19.6 Å². The summed E-state index contributed by atoms with van der Waals surface area (Å²) in [5.74, 6) is 0. The van der Waals surface area contributed by atoms with E-state index >= 15 is 0 Å². The van der Waals surface area contributed by atoms with Crippen molar-refractivity contribution in [2.45, 2.75) is 45.3 Å². The molecule has 0 aromatic rings. The van der Waals surface area contributed by atoms with Gasteiger partial charge in [-0.25, -0.2) is 13.6 Å². The number of hydrogen-bond donors (Lipinski definition) is 1. The first-order valence-corrected chi connectivity index (χ1v) is 5.79. The van der Waals surface area contributed by atoms with Crippen LogP contribution < -0.4 is 5.32 Å². The Morgan fingerprint density at radius 1 is 1.47 bits per heavy atom. The minimum absolute atomic E-state index is 0.00736. The van der Waals surface area contributed by atoms with Crippen molar-refractivity contribution in [1.29, 1.82) is 0 Å². The number of carbonyl (C=O) groups is 1. The summed E-state index contributed by atoms with van der Waals surface area (Å²) in [7, 11) is 0. The van der Waals surface area contributed by atoms with E-state index in [2.05, 4.69) is 5.32 Å². The molecule has 1 rings (SSSR count). The summed E-state index contributed by atoms with van der Waals surface area (Å²) < 4.78 is 30.4. The SMILES string of the molecule is CC(C)(C)OC(=O)N1CCCNC(C(F)F)C1. The molecule has 100 valence electrons. The summed E-state index contributed by atoms with van der Waals surface area (Å²) >= 11 is 0. The normalized spacial score (nSPS) is 22.5. The zero-order valence-electron chi connectivity index (χ0n) is 10.5. The van der Waals surface area contributed by atoms with Crippen molar-refractivity contribution >= 4 is 6.09 Å². The number of nitrogens with one attached hydrogen (secondary N) is 1. The Hall–Kier alpha value is -0.910. The topological polar surface area (TPSA) is 41.6 Å². The van der Waals surface area contributed by atoms with Gasteiger partial charge in [0.25, 0.3) is 6.43 Å². The lowest BCUT2D eigenvalue weighted by Crippen LogP contribution is -2.46. The highest BCUT2D eigenvalue weighted by Gasteiger charge is 2.29. The molecule has 0 aliphatic carbocycles. The first kappa shape index (κ1) is 14.2. The van der Waals surface area contributed by atoms with E-state index in [1.807, 2.05) is 0 Å². The fraction of sp³-hybridized carbons (Fsp3) is 0.909. The van der Waals surface area contributed by atoms with E-state index in [9.17, 15) is 13.6 Å². The van der Waals surface area contributed by atoms with E-state index in [0.29, 0.717) is 19.5 Å². The number of ether oxygens (including phenoxy) is 1. The van der Waals surface area contributed by atoms with Crippen molar-refractivity contribution in [3.05, 3.63) is 0 Å². The minimum Gasteiger partial charge on any atom is -0.444 e. The van der Waals surface area contributed by atoms with Crippen molar-refractivity contribution < 1.29 is 18.3 Å². The van der Waals surface area contributed by atoms with Gasteiger partial charge in [0.15, 0.2) is 0 Å². The van der Waals surface area contributed by atoms with Crippen molar-refractivity contribution in [3.8, 4) is 0 Å². The second kappa shape index (κ2) is 5.62. The van der Waals surface area contributed by atoms with Crippen LogP contribution in [0, 0.1) is 0 Å². The Labute approximate surface area is 100 Å². The Bertz CT molecular complexity index is 267. The predicted molar refractivity (Wildman–Crippen MR) is 60.2 cm³/mol. The first-order chi connectivity index (χ1) is 7.79. The third-order valence-electron chi connectivity index (χ3n) is 2.38. The van der Waals surface area contributed by atoms with Gasteiger partial charge in [-0.3, -0.25) is 0 Å². The van der Waals surface area contributed by atoms with Gasteiger partial charge in [0.1, 0.15) is 5.60 Å². The third kappa shape index (κ3) is 4.85. The van der Waals surface area contributed by atoms with E-state index in [1.165, 1.54) is 4.90 Å². The van der Waals surface area contributed by atoms with E-state index in [4.69, 9.17) is 4.74 Å². The molecule has 0 radical (unpaired) electrons. The van der Waals surface area contributed by atoms with Gasteiger partial charge in [-0.05, 0) is 33.7 Å². The molecule has 0 saturated carbocycles. The molecule has 1 aliphatic heterocycles. The van der Waals surface area contributed by atoms with Gasteiger partial charge < -0.3 is 15.0 Å². The fourth-order valence-corrected chi connectivity index (χ4v) is 1.61. The lowest BCUT2D eigenvalue weighted by molar-refractivity contribution is 0.0187. The molecule has 4 nitrogen and oxygen atoms in total. The average molecular weight is 250 g/mol.